The summed E-state index contributed by atoms with van der Waals surface area (Å²) in [6.45, 7) is 2.72. The number of rotatable bonds is 4. The van der Waals surface area contributed by atoms with Gasteiger partial charge in [0.1, 0.15) is 17.9 Å². The summed E-state index contributed by atoms with van der Waals surface area (Å²) in [6.07, 6.45) is 0.819. The largest absolute Gasteiger partial charge is 0.350 e. The standard InChI is InChI=1S/C16H19FN4O3/c1-16(10-2-4-11(17)5-3-10)14(23)21(15(24)20-16)9-13(22)19-12-6-7-18-8-12/h2-5,12,18H,6-9H2,1H3,(H,19,22)(H,20,24)/t12-,16-/m1/s1. The normalized spacial score (nSPS) is 26.6. The molecule has 4 amide bonds. The summed E-state index contributed by atoms with van der Waals surface area (Å²) in [4.78, 5) is 37.8. The van der Waals surface area contributed by atoms with Crippen LogP contribution in [0.3, 0.4) is 0 Å². The van der Waals surface area contributed by atoms with Crippen molar-refractivity contribution in [3.8, 4) is 0 Å². The molecule has 1 aromatic carbocycles. The average Bonchev–Trinajstić information content (AvgIpc) is 3.11. The van der Waals surface area contributed by atoms with E-state index in [0.29, 0.717) is 12.1 Å². The molecule has 0 radical (unpaired) electrons. The quantitative estimate of drug-likeness (QED) is 0.680. The van der Waals surface area contributed by atoms with Gasteiger partial charge in [0.05, 0.1) is 0 Å². The van der Waals surface area contributed by atoms with E-state index in [0.717, 1.165) is 17.9 Å². The van der Waals surface area contributed by atoms with Gasteiger partial charge in [-0.05, 0) is 37.6 Å². The van der Waals surface area contributed by atoms with Crippen molar-refractivity contribution in [1.82, 2.24) is 20.9 Å². The minimum Gasteiger partial charge on any atom is -0.350 e. The number of carbonyl (C=O) groups excluding carboxylic acids is 3. The molecule has 0 aromatic heterocycles. The number of nitrogens with zero attached hydrogens (tertiary/aromatic N) is 1. The highest BCUT2D eigenvalue weighted by atomic mass is 19.1. The highest BCUT2D eigenvalue weighted by molar-refractivity contribution is 6.09. The van der Waals surface area contributed by atoms with Crippen molar-refractivity contribution in [2.45, 2.75) is 24.9 Å². The van der Waals surface area contributed by atoms with E-state index >= 15 is 0 Å². The first-order valence-electron chi connectivity index (χ1n) is 7.80. The predicted molar refractivity (Wildman–Crippen MR) is 83.4 cm³/mol. The second kappa shape index (κ2) is 6.20. The summed E-state index contributed by atoms with van der Waals surface area (Å²) in [5.74, 6) is -1.34. The van der Waals surface area contributed by atoms with Crippen LogP contribution in [0.25, 0.3) is 0 Å². The molecule has 3 N–H and O–H groups in total. The van der Waals surface area contributed by atoms with Gasteiger partial charge < -0.3 is 16.0 Å². The van der Waals surface area contributed by atoms with Crippen LogP contribution in [0.5, 0.6) is 0 Å². The topological polar surface area (TPSA) is 90.5 Å². The van der Waals surface area contributed by atoms with Gasteiger partial charge in [0, 0.05) is 12.6 Å². The van der Waals surface area contributed by atoms with Crippen LogP contribution in [0.15, 0.2) is 24.3 Å². The molecule has 0 aliphatic carbocycles. The first-order valence-corrected chi connectivity index (χ1v) is 7.80. The number of nitrogens with one attached hydrogen (secondary N) is 3. The number of amides is 4. The van der Waals surface area contributed by atoms with Crippen molar-refractivity contribution in [1.29, 1.82) is 0 Å². The van der Waals surface area contributed by atoms with Crippen LogP contribution in [0.1, 0.15) is 18.9 Å². The summed E-state index contributed by atoms with van der Waals surface area (Å²) in [6, 6.07) is 4.72. The SMILES string of the molecule is C[C@]1(c2ccc(F)cc2)NC(=O)N(CC(=O)N[C@@H]2CCNC2)C1=O. The van der Waals surface area contributed by atoms with Gasteiger partial charge in [0.2, 0.25) is 5.91 Å². The number of imide groups is 1. The van der Waals surface area contributed by atoms with Gasteiger partial charge in [-0.15, -0.1) is 0 Å². The summed E-state index contributed by atoms with van der Waals surface area (Å²) >= 11 is 0. The molecule has 2 heterocycles. The summed E-state index contributed by atoms with van der Waals surface area (Å²) in [5, 5.41) is 8.51. The van der Waals surface area contributed by atoms with E-state index in [-0.39, 0.29) is 18.5 Å². The molecule has 2 atom stereocenters. The van der Waals surface area contributed by atoms with Gasteiger partial charge in [-0.25, -0.2) is 9.18 Å². The molecule has 7 nitrogen and oxygen atoms in total. The van der Waals surface area contributed by atoms with E-state index in [2.05, 4.69) is 16.0 Å². The lowest BCUT2D eigenvalue weighted by Crippen LogP contribution is -2.46. The van der Waals surface area contributed by atoms with Crippen molar-refractivity contribution in [3.05, 3.63) is 35.6 Å². The molecular formula is C16H19FN4O3. The lowest BCUT2D eigenvalue weighted by molar-refractivity contribution is -0.135. The fourth-order valence-corrected chi connectivity index (χ4v) is 3.01. The Kier molecular flexibility index (Phi) is 4.23. The Morgan fingerprint density at radius 2 is 2.08 bits per heavy atom. The summed E-state index contributed by atoms with van der Waals surface area (Å²) in [5.41, 5.74) is -0.842. The zero-order valence-corrected chi connectivity index (χ0v) is 13.3. The van der Waals surface area contributed by atoms with Gasteiger partial charge in [0.15, 0.2) is 0 Å². The fraction of sp³-hybridized carbons (Fsp3) is 0.438. The molecule has 2 fully saturated rings. The molecule has 24 heavy (non-hydrogen) atoms. The molecule has 8 heteroatoms. The Bertz CT molecular complexity index is 672. The van der Waals surface area contributed by atoms with Crippen molar-refractivity contribution in [2.24, 2.45) is 0 Å². The van der Waals surface area contributed by atoms with Crippen molar-refractivity contribution >= 4 is 17.8 Å². The average molecular weight is 334 g/mol. The lowest BCUT2D eigenvalue weighted by atomic mass is 9.92. The second-order valence-corrected chi connectivity index (χ2v) is 6.21. The monoisotopic (exact) mass is 334 g/mol. The Labute approximate surface area is 138 Å². The highest BCUT2D eigenvalue weighted by Crippen LogP contribution is 2.28. The predicted octanol–water partition coefficient (Wildman–Crippen LogP) is 0.0708. The van der Waals surface area contributed by atoms with Crippen LogP contribution >= 0.6 is 0 Å². The maximum Gasteiger partial charge on any atom is 0.325 e. The van der Waals surface area contributed by atoms with E-state index < -0.39 is 23.3 Å². The number of carbonyl (C=O) groups is 3. The Balaban J connectivity index is 1.71. The van der Waals surface area contributed by atoms with Gasteiger partial charge in [-0.2, -0.15) is 0 Å². The fourth-order valence-electron chi connectivity index (χ4n) is 3.01. The third kappa shape index (κ3) is 2.96. The molecule has 0 unspecified atom stereocenters. The maximum atomic E-state index is 13.1. The van der Waals surface area contributed by atoms with E-state index in [1.807, 2.05) is 0 Å². The van der Waals surface area contributed by atoms with Crippen molar-refractivity contribution in [3.63, 3.8) is 0 Å². The molecule has 0 saturated carbocycles. The van der Waals surface area contributed by atoms with Crippen LogP contribution < -0.4 is 16.0 Å². The summed E-state index contributed by atoms with van der Waals surface area (Å²) < 4.78 is 13.1. The van der Waals surface area contributed by atoms with Crippen LogP contribution in [0.4, 0.5) is 9.18 Å². The zero-order chi connectivity index (χ0) is 17.3. The molecular weight excluding hydrogens is 315 g/mol. The lowest BCUT2D eigenvalue weighted by Gasteiger charge is -2.22. The maximum absolute atomic E-state index is 13.1. The number of hydrogen-bond acceptors (Lipinski definition) is 4. The molecule has 2 saturated heterocycles. The van der Waals surface area contributed by atoms with Gasteiger partial charge in [-0.3, -0.25) is 14.5 Å². The first kappa shape index (κ1) is 16.4. The van der Waals surface area contributed by atoms with Gasteiger partial charge >= 0.3 is 6.03 Å². The number of benzene rings is 1. The molecule has 3 rings (SSSR count). The van der Waals surface area contributed by atoms with Crippen molar-refractivity contribution < 1.29 is 18.8 Å². The van der Waals surface area contributed by atoms with E-state index in [9.17, 15) is 18.8 Å². The molecule has 2 aliphatic heterocycles. The van der Waals surface area contributed by atoms with Crippen LogP contribution in [-0.2, 0) is 15.1 Å². The molecule has 1 aromatic rings. The van der Waals surface area contributed by atoms with Gasteiger partial charge in [-0.1, -0.05) is 12.1 Å². The molecule has 0 spiro atoms. The van der Waals surface area contributed by atoms with E-state index in [4.69, 9.17) is 0 Å². The number of urea groups is 1. The number of hydrogen-bond donors (Lipinski definition) is 3. The Hall–Kier alpha value is -2.48. The molecule has 2 aliphatic rings. The molecule has 128 valence electrons. The minimum atomic E-state index is -1.31. The third-order valence-corrected chi connectivity index (χ3v) is 4.42. The van der Waals surface area contributed by atoms with Crippen LogP contribution in [0, 0.1) is 5.82 Å². The minimum absolute atomic E-state index is 0.0155. The second-order valence-electron chi connectivity index (χ2n) is 6.21. The van der Waals surface area contributed by atoms with Crippen LogP contribution in [-0.4, -0.2) is 48.4 Å². The number of halogens is 1. The smallest absolute Gasteiger partial charge is 0.325 e. The highest BCUT2D eigenvalue weighted by Gasteiger charge is 2.49. The molecule has 0 bridgehead atoms. The Morgan fingerprint density at radius 3 is 2.71 bits per heavy atom. The van der Waals surface area contributed by atoms with Gasteiger partial charge in [0.25, 0.3) is 5.91 Å². The third-order valence-electron chi connectivity index (χ3n) is 4.42. The first-order chi connectivity index (χ1) is 11.4. The van der Waals surface area contributed by atoms with Crippen LogP contribution in [0.2, 0.25) is 0 Å². The summed E-state index contributed by atoms with van der Waals surface area (Å²) in [7, 11) is 0. The van der Waals surface area contributed by atoms with E-state index in [1.54, 1.807) is 6.92 Å². The Morgan fingerprint density at radius 1 is 1.38 bits per heavy atom. The zero-order valence-electron chi connectivity index (χ0n) is 13.3. The van der Waals surface area contributed by atoms with E-state index in [1.165, 1.54) is 24.3 Å². The van der Waals surface area contributed by atoms with Crippen molar-refractivity contribution in [2.75, 3.05) is 19.6 Å².